The summed E-state index contributed by atoms with van der Waals surface area (Å²) in [4.78, 5) is 4.77. The number of nitrogens with two attached hydrogens (primary N) is 1. The molecule has 2 aliphatic rings. The lowest BCUT2D eigenvalue weighted by Crippen LogP contribution is -2.43. The molecule has 28 heavy (non-hydrogen) atoms. The molecule has 1 aliphatic heterocycles. The van der Waals surface area contributed by atoms with Gasteiger partial charge in [0.1, 0.15) is 0 Å². The Kier molecular flexibility index (Phi) is 5.77. The van der Waals surface area contributed by atoms with Gasteiger partial charge in [-0.3, -0.25) is 4.98 Å². The van der Waals surface area contributed by atoms with Crippen LogP contribution >= 0.6 is 39.1 Å². The molecule has 1 aliphatic carbocycles. The van der Waals surface area contributed by atoms with Crippen molar-refractivity contribution in [1.29, 1.82) is 0 Å². The van der Waals surface area contributed by atoms with Crippen molar-refractivity contribution in [3.63, 3.8) is 0 Å². The third kappa shape index (κ3) is 3.98. The van der Waals surface area contributed by atoms with Crippen LogP contribution in [0.3, 0.4) is 0 Å². The van der Waals surface area contributed by atoms with Crippen LogP contribution in [0.15, 0.2) is 28.9 Å². The molecule has 1 unspecified atom stereocenters. The van der Waals surface area contributed by atoms with E-state index in [1.165, 1.54) is 9.87 Å². The van der Waals surface area contributed by atoms with Gasteiger partial charge in [-0.2, -0.15) is 12.7 Å². The van der Waals surface area contributed by atoms with Crippen LogP contribution in [0.1, 0.15) is 41.1 Å². The molecule has 9 heteroatoms. The minimum Gasteiger partial charge on any atom is -0.259 e. The fraction of sp³-hybridized carbons (Fsp3) is 0.421. The number of pyridine rings is 1. The molecule has 0 spiro atoms. The molecule has 0 radical (unpaired) electrons. The van der Waals surface area contributed by atoms with E-state index in [1.54, 1.807) is 6.07 Å². The molecule has 0 bridgehead atoms. The van der Waals surface area contributed by atoms with Gasteiger partial charge in [-0.1, -0.05) is 23.2 Å². The number of nitrogens with zero attached hydrogens (tertiary/aromatic N) is 2. The number of piperidine rings is 1. The summed E-state index contributed by atoms with van der Waals surface area (Å²) in [6.07, 6.45) is 4.93. The van der Waals surface area contributed by atoms with E-state index in [0.717, 1.165) is 34.1 Å². The number of aromatic nitrogens is 1. The van der Waals surface area contributed by atoms with Gasteiger partial charge in [-0.05, 0) is 82.4 Å². The lowest BCUT2D eigenvalue weighted by molar-refractivity contribution is 0.255. The van der Waals surface area contributed by atoms with Gasteiger partial charge in [0.25, 0.3) is 10.2 Å². The Bertz CT molecular complexity index is 1020. The number of hydrogen-bond acceptors (Lipinski definition) is 3. The highest BCUT2D eigenvalue weighted by Gasteiger charge is 2.37. The number of benzene rings is 1. The van der Waals surface area contributed by atoms with E-state index in [0.29, 0.717) is 36.0 Å². The molecule has 2 N–H and O–H groups in total. The first-order chi connectivity index (χ1) is 13.2. The molecule has 4 rings (SSSR count). The van der Waals surface area contributed by atoms with Crippen LogP contribution in [-0.4, -0.2) is 30.8 Å². The first-order valence-corrected chi connectivity index (χ1v) is 12.2. The van der Waals surface area contributed by atoms with Crippen LogP contribution in [-0.2, 0) is 23.1 Å². The average molecular weight is 505 g/mol. The Hall–Kier alpha value is -0.700. The minimum absolute atomic E-state index is 0.00740. The zero-order chi connectivity index (χ0) is 20.1. The smallest absolute Gasteiger partial charge is 0.259 e. The highest BCUT2D eigenvalue weighted by molar-refractivity contribution is 9.10. The van der Waals surface area contributed by atoms with E-state index in [-0.39, 0.29) is 11.8 Å². The van der Waals surface area contributed by atoms with Crippen molar-refractivity contribution in [1.82, 2.24) is 9.29 Å². The maximum absolute atomic E-state index is 11.7. The van der Waals surface area contributed by atoms with Crippen molar-refractivity contribution < 1.29 is 8.42 Å². The van der Waals surface area contributed by atoms with Gasteiger partial charge in [-0.15, -0.1) is 0 Å². The molecule has 1 fully saturated rings. The van der Waals surface area contributed by atoms with E-state index in [2.05, 4.69) is 22.0 Å². The molecule has 0 saturated carbocycles. The Morgan fingerprint density at radius 3 is 2.46 bits per heavy atom. The normalized spacial score (nSPS) is 21.1. The standard InChI is InChI=1S/C19H20BrCl2N3O2S/c20-14-7-13-2-1-12-8-15(21)9-16(22)17(12)18(19(13)24-10-14)11-3-5-25(6-4-11)28(23,26)27/h7-11,18H,1-6H2,(H2,23,26,27). The molecular weight excluding hydrogens is 485 g/mol. The summed E-state index contributed by atoms with van der Waals surface area (Å²) >= 11 is 16.5. The SMILES string of the molecule is NS(=O)(=O)N1CCC(C2c3ncc(Br)cc3CCc3cc(Cl)cc(Cl)c32)CC1. The molecule has 2 aromatic rings. The zero-order valence-electron chi connectivity index (χ0n) is 15.0. The van der Waals surface area contributed by atoms with E-state index >= 15 is 0 Å². The number of halogens is 3. The molecule has 1 aromatic heterocycles. The van der Waals surface area contributed by atoms with Crippen LogP contribution in [0, 0.1) is 5.92 Å². The van der Waals surface area contributed by atoms with Crippen molar-refractivity contribution in [3.05, 3.63) is 61.3 Å². The highest BCUT2D eigenvalue weighted by Crippen LogP contribution is 2.46. The second-order valence-corrected chi connectivity index (χ2v) is 10.7. The maximum atomic E-state index is 11.7. The second kappa shape index (κ2) is 7.85. The third-order valence-corrected chi connectivity index (χ3v) is 7.80. The van der Waals surface area contributed by atoms with Crippen LogP contribution in [0.2, 0.25) is 10.0 Å². The quantitative estimate of drug-likeness (QED) is 0.662. The number of fused-ring (bicyclic) bond motifs is 2. The van der Waals surface area contributed by atoms with E-state index in [1.807, 2.05) is 12.3 Å². The third-order valence-electron chi connectivity index (χ3n) is 5.75. The van der Waals surface area contributed by atoms with Crippen molar-refractivity contribution >= 4 is 49.3 Å². The Morgan fingerprint density at radius 1 is 1.11 bits per heavy atom. The summed E-state index contributed by atoms with van der Waals surface area (Å²) < 4.78 is 25.7. The summed E-state index contributed by atoms with van der Waals surface area (Å²) in [7, 11) is -3.66. The molecule has 150 valence electrons. The van der Waals surface area contributed by atoms with Gasteiger partial charge in [-0.25, -0.2) is 5.14 Å². The van der Waals surface area contributed by atoms with Crippen molar-refractivity contribution in [2.75, 3.05) is 13.1 Å². The van der Waals surface area contributed by atoms with Crippen LogP contribution in [0.5, 0.6) is 0 Å². The van der Waals surface area contributed by atoms with Crippen molar-refractivity contribution in [2.24, 2.45) is 11.1 Å². The van der Waals surface area contributed by atoms with Crippen LogP contribution in [0.4, 0.5) is 0 Å². The Balaban J connectivity index is 1.79. The van der Waals surface area contributed by atoms with Crippen molar-refractivity contribution in [3.8, 4) is 0 Å². The summed E-state index contributed by atoms with van der Waals surface area (Å²) in [5, 5.41) is 6.60. The summed E-state index contributed by atoms with van der Waals surface area (Å²) in [5.74, 6) is 0.231. The second-order valence-electron chi connectivity index (χ2n) is 7.42. The van der Waals surface area contributed by atoms with Crippen LogP contribution in [0.25, 0.3) is 0 Å². The summed E-state index contributed by atoms with van der Waals surface area (Å²) in [6.45, 7) is 0.818. The first kappa shape index (κ1) is 20.6. The molecular formula is C19H20BrCl2N3O2S. The maximum Gasteiger partial charge on any atom is 0.276 e. The minimum atomic E-state index is -3.66. The van der Waals surface area contributed by atoms with Gasteiger partial charge >= 0.3 is 0 Å². The first-order valence-electron chi connectivity index (χ1n) is 9.14. The largest absolute Gasteiger partial charge is 0.276 e. The van der Waals surface area contributed by atoms with Gasteiger partial charge in [0.15, 0.2) is 0 Å². The molecule has 1 atom stereocenters. The zero-order valence-corrected chi connectivity index (χ0v) is 19.0. The number of hydrogen-bond donors (Lipinski definition) is 1. The Morgan fingerprint density at radius 2 is 1.79 bits per heavy atom. The topological polar surface area (TPSA) is 76.3 Å². The number of rotatable bonds is 2. The van der Waals surface area contributed by atoms with Crippen molar-refractivity contribution in [2.45, 2.75) is 31.6 Å². The fourth-order valence-electron chi connectivity index (χ4n) is 4.49. The summed E-state index contributed by atoms with van der Waals surface area (Å²) in [5.41, 5.74) is 4.44. The molecule has 1 saturated heterocycles. The molecule has 1 aromatic carbocycles. The van der Waals surface area contributed by atoms with Crippen LogP contribution < -0.4 is 5.14 Å². The molecule has 0 amide bonds. The molecule has 5 nitrogen and oxygen atoms in total. The highest BCUT2D eigenvalue weighted by atomic mass is 79.9. The van der Waals surface area contributed by atoms with Gasteiger partial charge in [0.05, 0.1) is 5.69 Å². The lowest BCUT2D eigenvalue weighted by atomic mass is 9.77. The predicted molar refractivity (Wildman–Crippen MR) is 115 cm³/mol. The predicted octanol–water partition coefficient (Wildman–Crippen LogP) is 4.30. The average Bonchev–Trinajstić information content (AvgIpc) is 2.78. The van der Waals surface area contributed by atoms with E-state index in [4.69, 9.17) is 33.3 Å². The van der Waals surface area contributed by atoms with E-state index in [9.17, 15) is 8.42 Å². The lowest BCUT2D eigenvalue weighted by Gasteiger charge is -2.35. The van der Waals surface area contributed by atoms with E-state index < -0.39 is 10.2 Å². The number of aryl methyl sites for hydroxylation is 2. The van der Waals surface area contributed by atoms with Gasteiger partial charge in [0, 0.05) is 39.7 Å². The summed E-state index contributed by atoms with van der Waals surface area (Å²) in [6, 6.07) is 5.91. The molecule has 2 heterocycles. The fourth-order valence-corrected chi connectivity index (χ4v) is 6.25. The van der Waals surface area contributed by atoms with Gasteiger partial charge < -0.3 is 0 Å². The Labute approximate surface area is 183 Å². The van der Waals surface area contributed by atoms with Gasteiger partial charge in [0.2, 0.25) is 0 Å². The monoisotopic (exact) mass is 503 g/mol.